The minimum absolute atomic E-state index is 0.936. The Morgan fingerprint density at radius 2 is 0.778 bits per heavy atom. The van der Waals surface area contributed by atoms with E-state index in [4.69, 9.17) is 0 Å². The molecule has 2 heteroatoms. The third-order valence-corrected chi connectivity index (χ3v) is 5.48. The first-order chi connectivity index (χ1) is 8.93. The van der Waals surface area contributed by atoms with Crippen LogP contribution in [0, 0.1) is 0 Å². The SMILES string of the molecule is C1CCN(C2CCC(N3CCCCC3)CC2)CC1. The third kappa shape index (κ3) is 3.08. The lowest BCUT2D eigenvalue weighted by Gasteiger charge is -2.43. The highest BCUT2D eigenvalue weighted by molar-refractivity contribution is 4.86. The summed E-state index contributed by atoms with van der Waals surface area (Å²) in [6, 6.07) is 1.87. The first-order valence-electron chi connectivity index (χ1n) is 8.41. The maximum absolute atomic E-state index is 2.80. The fraction of sp³-hybridized carbons (Fsp3) is 1.00. The van der Waals surface area contributed by atoms with Crippen molar-refractivity contribution in [3.8, 4) is 0 Å². The minimum Gasteiger partial charge on any atom is -0.300 e. The zero-order valence-electron chi connectivity index (χ0n) is 11.9. The van der Waals surface area contributed by atoms with Gasteiger partial charge >= 0.3 is 0 Å². The second kappa shape index (κ2) is 6.38. The van der Waals surface area contributed by atoms with Gasteiger partial charge in [0.2, 0.25) is 0 Å². The molecular formula is C16H30N2. The van der Waals surface area contributed by atoms with Crippen molar-refractivity contribution in [2.24, 2.45) is 0 Å². The molecule has 0 bridgehead atoms. The van der Waals surface area contributed by atoms with Crippen LogP contribution < -0.4 is 0 Å². The summed E-state index contributed by atoms with van der Waals surface area (Å²) in [5.41, 5.74) is 0. The Hall–Kier alpha value is -0.0800. The molecule has 1 aliphatic carbocycles. The molecule has 0 aromatic carbocycles. The lowest BCUT2D eigenvalue weighted by atomic mass is 9.87. The van der Waals surface area contributed by atoms with Crippen molar-refractivity contribution < 1.29 is 0 Å². The van der Waals surface area contributed by atoms with E-state index in [0.717, 1.165) is 12.1 Å². The van der Waals surface area contributed by atoms with Gasteiger partial charge in [-0.2, -0.15) is 0 Å². The van der Waals surface area contributed by atoms with Gasteiger partial charge in [-0.3, -0.25) is 0 Å². The van der Waals surface area contributed by atoms with Crippen molar-refractivity contribution in [3.05, 3.63) is 0 Å². The third-order valence-electron chi connectivity index (χ3n) is 5.48. The van der Waals surface area contributed by atoms with E-state index in [1.165, 1.54) is 90.4 Å². The molecular weight excluding hydrogens is 220 g/mol. The van der Waals surface area contributed by atoms with Crippen LogP contribution >= 0.6 is 0 Å². The quantitative estimate of drug-likeness (QED) is 0.742. The second-order valence-corrected chi connectivity index (χ2v) is 6.66. The maximum atomic E-state index is 2.80. The van der Waals surface area contributed by atoms with E-state index in [9.17, 15) is 0 Å². The summed E-state index contributed by atoms with van der Waals surface area (Å²) in [7, 11) is 0. The van der Waals surface area contributed by atoms with E-state index in [-0.39, 0.29) is 0 Å². The smallest absolute Gasteiger partial charge is 0.00964 e. The molecule has 0 aromatic rings. The van der Waals surface area contributed by atoms with Gasteiger partial charge in [0, 0.05) is 12.1 Å². The van der Waals surface area contributed by atoms with Gasteiger partial charge in [0.25, 0.3) is 0 Å². The molecule has 3 fully saturated rings. The number of likely N-dealkylation sites (tertiary alicyclic amines) is 2. The Bertz CT molecular complexity index is 207. The van der Waals surface area contributed by atoms with Gasteiger partial charge in [-0.05, 0) is 77.5 Å². The van der Waals surface area contributed by atoms with Crippen molar-refractivity contribution in [1.29, 1.82) is 0 Å². The monoisotopic (exact) mass is 250 g/mol. The average Bonchev–Trinajstić information content (AvgIpc) is 2.49. The summed E-state index contributed by atoms with van der Waals surface area (Å²) in [5.74, 6) is 0. The van der Waals surface area contributed by atoms with E-state index in [1.807, 2.05) is 0 Å². The summed E-state index contributed by atoms with van der Waals surface area (Å²) in [4.78, 5) is 5.60. The van der Waals surface area contributed by atoms with E-state index < -0.39 is 0 Å². The molecule has 2 aliphatic heterocycles. The van der Waals surface area contributed by atoms with Crippen LogP contribution in [-0.2, 0) is 0 Å². The predicted octanol–water partition coefficient (Wildman–Crippen LogP) is 3.27. The summed E-state index contributed by atoms with van der Waals surface area (Å²) < 4.78 is 0. The molecule has 0 aromatic heterocycles. The predicted molar refractivity (Wildman–Crippen MR) is 76.9 cm³/mol. The van der Waals surface area contributed by atoms with Gasteiger partial charge in [-0.15, -0.1) is 0 Å². The van der Waals surface area contributed by atoms with Crippen LogP contribution in [-0.4, -0.2) is 48.1 Å². The van der Waals surface area contributed by atoms with Gasteiger partial charge in [0.15, 0.2) is 0 Å². The van der Waals surface area contributed by atoms with E-state index in [0.29, 0.717) is 0 Å². The van der Waals surface area contributed by atoms with E-state index in [1.54, 1.807) is 0 Å². The summed E-state index contributed by atoms with van der Waals surface area (Å²) in [5, 5.41) is 0. The largest absolute Gasteiger partial charge is 0.300 e. The highest BCUT2D eigenvalue weighted by atomic mass is 15.2. The van der Waals surface area contributed by atoms with Crippen LogP contribution in [0.25, 0.3) is 0 Å². The number of hydrogen-bond acceptors (Lipinski definition) is 2. The molecule has 0 N–H and O–H groups in total. The highest BCUT2D eigenvalue weighted by Gasteiger charge is 2.29. The molecule has 1 saturated carbocycles. The summed E-state index contributed by atoms with van der Waals surface area (Å²) in [6.45, 7) is 5.55. The molecule has 18 heavy (non-hydrogen) atoms. The van der Waals surface area contributed by atoms with Crippen LogP contribution in [0.15, 0.2) is 0 Å². The van der Waals surface area contributed by atoms with Crippen molar-refractivity contribution >= 4 is 0 Å². The van der Waals surface area contributed by atoms with Crippen LogP contribution in [0.5, 0.6) is 0 Å². The van der Waals surface area contributed by atoms with Crippen molar-refractivity contribution in [3.63, 3.8) is 0 Å². The Morgan fingerprint density at radius 1 is 0.444 bits per heavy atom. The zero-order chi connectivity index (χ0) is 12.2. The average molecular weight is 250 g/mol. The minimum atomic E-state index is 0.936. The normalized spacial score (nSPS) is 36.7. The molecule has 0 unspecified atom stereocenters. The van der Waals surface area contributed by atoms with Crippen LogP contribution in [0.4, 0.5) is 0 Å². The second-order valence-electron chi connectivity index (χ2n) is 6.66. The molecule has 0 amide bonds. The molecule has 0 spiro atoms. The van der Waals surface area contributed by atoms with Gasteiger partial charge in [-0.1, -0.05) is 12.8 Å². The molecule has 0 radical (unpaired) electrons. The van der Waals surface area contributed by atoms with Crippen molar-refractivity contribution in [2.75, 3.05) is 26.2 Å². The lowest BCUT2D eigenvalue weighted by Crippen LogP contribution is -2.46. The Morgan fingerprint density at radius 3 is 1.11 bits per heavy atom. The summed E-state index contributed by atoms with van der Waals surface area (Å²) >= 11 is 0. The van der Waals surface area contributed by atoms with Crippen LogP contribution in [0.3, 0.4) is 0 Å². The standard InChI is InChI=1S/C16H30N2/c1-3-11-17(12-4-1)15-7-9-16(10-8-15)18-13-5-2-6-14-18/h15-16H,1-14H2. The van der Waals surface area contributed by atoms with Crippen LogP contribution in [0.2, 0.25) is 0 Å². The van der Waals surface area contributed by atoms with E-state index in [2.05, 4.69) is 9.80 Å². The number of rotatable bonds is 2. The maximum Gasteiger partial charge on any atom is 0.00964 e. The molecule has 0 atom stereocenters. The summed E-state index contributed by atoms with van der Waals surface area (Å²) in [6.07, 6.45) is 14.6. The molecule has 104 valence electrons. The number of hydrogen-bond donors (Lipinski definition) is 0. The zero-order valence-corrected chi connectivity index (χ0v) is 11.9. The van der Waals surface area contributed by atoms with Crippen LogP contribution in [0.1, 0.15) is 64.2 Å². The highest BCUT2D eigenvalue weighted by Crippen LogP contribution is 2.29. The topological polar surface area (TPSA) is 6.48 Å². The first kappa shape index (κ1) is 12.9. The van der Waals surface area contributed by atoms with Gasteiger partial charge < -0.3 is 9.80 Å². The molecule has 2 nitrogen and oxygen atoms in total. The van der Waals surface area contributed by atoms with E-state index >= 15 is 0 Å². The lowest BCUT2D eigenvalue weighted by molar-refractivity contribution is 0.0743. The Balaban J connectivity index is 1.45. The van der Waals surface area contributed by atoms with Gasteiger partial charge in [-0.25, -0.2) is 0 Å². The van der Waals surface area contributed by atoms with Crippen molar-refractivity contribution in [2.45, 2.75) is 76.3 Å². The molecule has 3 aliphatic rings. The Kier molecular flexibility index (Phi) is 4.58. The van der Waals surface area contributed by atoms with Crippen molar-refractivity contribution in [1.82, 2.24) is 9.80 Å². The molecule has 2 heterocycles. The number of piperidine rings is 2. The molecule has 2 saturated heterocycles. The van der Waals surface area contributed by atoms with Gasteiger partial charge in [0.1, 0.15) is 0 Å². The molecule has 3 rings (SSSR count). The fourth-order valence-corrected chi connectivity index (χ4v) is 4.36. The fourth-order valence-electron chi connectivity index (χ4n) is 4.36. The van der Waals surface area contributed by atoms with Gasteiger partial charge in [0.05, 0.1) is 0 Å². The Labute approximate surface area is 113 Å². The first-order valence-corrected chi connectivity index (χ1v) is 8.41. The number of nitrogens with zero attached hydrogens (tertiary/aromatic N) is 2.